The number of hydrogen-bond donors (Lipinski definition) is 1. The van der Waals surface area contributed by atoms with Crippen LogP contribution in [0.5, 0.6) is 0 Å². The van der Waals surface area contributed by atoms with Gasteiger partial charge in [-0.2, -0.15) is 0 Å². The summed E-state index contributed by atoms with van der Waals surface area (Å²) in [6.07, 6.45) is 6.59. The van der Waals surface area contributed by atoms with Crippen molar-refractivity contribution in [3.63, 3.8) is 0 Å². The van der Waals surface area contributed by atoms with Crippen LogP contribution in [-0.4, -0.2) is 16.7 Å². The Morgan fingerprint density at radius 1 is 1.26 bits per heavy atom. The van der Waals surface area contributed by atoms with Gasteiger partial charge < -0.3 is 14.3 Å². The number of aromatic nitrogens is 1. The maximum atomic E-state index is 13.4. The third-order valence-electron chi connectivity index (χ3n) is 7.46. The Balaban J connectivity index is 1.53. The van der Waals surface area contributed by atoms with Crippen molar-refractivity contribution in [2.75, 3.05) is 0 Å². The topological polar surface area (TPSA) is 59.5 Å². The number of carbonyl (C=O) groups excluding carboxylic acids is 1. The van der Waals surface area contributed by atoms with Gasteiger partial charge in [0.05, 0.1) is 18.4 Å². The van der Waals surface area contributed by atoms with Gasteiger partial charge in [0.2, 0.25) is 0 Å². The molecule has 1 N–H and O–H groups in total. The maximum Gasteiger partial charge on any atom is 0.255 e. The molecule has 0 radical (unpaired) electrons. The molecule has 0 aliphatic heterocycles. The highest BCUT2D eigenvalue weighted by Crippen LogP contribution is 2.45. The maximum absolute atomic E-state index is 13.4. The number of hydrogen-bond acceptors (Lipinski definition) is 4. The minimum Gasteiger partial charge on any atom is -0.467 e. The summed E-state index contributed by atoms with van der Waals surface area (Å²) in [5.74, 6) is 1.27. The van der Waals surface area contributed by atoms with Crippen molar-refractivity contribution in [1.82, 2.24) is 9.88 Å². The number of furan rings is 1. The van der Waals surface area contributed by atoms with Crippen molar-refractivity contribution in [1.29, 1.82) is 0 Å². The molecule has 3 heterocycles. The van der Waals surface area contributed by atoms with E-state index in [1.165, 1.54) is 21.3 Å². The predicted molar refractivity (Wildman–Crippen MR) is 144 cm³/mol. The van der Waals surface area contributed by atoms with Crippen molar-refractivity contribution in [3.8, 4) is 0 Å². The Kier molecular flexibility index (Phi) is 6.18. The molecule has 1 aliphatic rings. The first kappa shape index (κ1) is 23.6. The van der Waals surface area contributed by atoms with E-state index in [1.807, 2.05) is 18.3 Å². The van der Waals surface area contributed by atoms with Gasteiger partial charge in [0.15, 0.2) is 0 Å². The summed E-state index contributed by atoms with van der Waals surface area (Å²) in [6, 6.07) is 12.1. The number of fused-ring (bicyclic) bond motifs is 2. The standard InChI is InChI=1S/C29H33N3O2S/c1-18-23(21-10-6-7-11-24(21)32(18)5)17-31-28-26(27(33)30-16-20-9-8-14-34-20)22-13-12-19(29(2,3)4)15-25(22)35-28/h6-11,14,17,19H,12-13,15-16H2,1-5H3,(H,30,33)/t19-/m0/s1. The van der Waals surface area contributed by atoms with E-state index in [2.05, 4.69) is 68.9 Å². The molecule has 5 nitrogen and oxygen atoms in total. The highest BCUT2D eigenvalue weighted by molar-refractivity contribution is 7.16. The Bertz CT molecular complexity index is 1400. The molecule has 1 aromatic carbocycles. The molecule has 6 heteroatoms. The molecule has 0 spiro atoms. The Morgan fingerprint density at radius 3 is 2.80 bits per heavy atom. The fraction of sp³-hybridized carbons (Fsp3) is 0.379. The second-order valence-electron chi connectivity index (χ2n) is 10.6. The fourth-order valence-corrected chi connectivity index (χ4v) is 6.41. The Morgan fingerprint density at radius 2 is 2.06 bits per heavy atom. The smallest absolute Gasteiger partial charge is 0.255 e. The van der Waals surface area contributed by atoms with Crippen LogP contribution in [-0.2, 0) is 26.4 Å². The van der Waals surface area contributed by atoms with Gasteiger partial charge in [-0.05, 0) is 61.3 Å². The summed E-state index contributed by atoms with van der Waals surface area (Å²) >= 11 is 1.68. The summed E-state index contributed by atoms with van der Waals surface area (Å²) in [6.45, 7) is 9.43. The summed E-state index contributed by atoms with van der Waals surface area (Å²) in [4.78, 5) is 19.7. The molecule has 0 saturated heterocycles. The van der Waals surface area contributed by atoms with Crippen LogP contribution in [0.2, 0.25) is 0 Å². The third-order valence-corrected chi connectivity index (χ3v) is 8.62. The van der Waals surface area contributed by atoms with Crippen LogP contribution < -0.4 is 5.32 Å². The van der Waals surface area contributed by atoms with E-state index in [9.17, 15) is 4.79 Å². The normalized spacial score (nSPS) is 16.2. The molecule has 1 amide bonds. The number of thiophene rings is 1. The summed E-state index contributed by atoms with van der Waals surface area (Å²) < 4.78 is 7.61. The molecule has 0 fully saturated rings. The van der Waals surface area contributed by atoms with Gasteiger partial charge in [0, 0.05) is 40.3 Å². The van der Waals surface area contributed by atoms with Gasteiger partial charge in [-0.25, -0.2) is 4.99 Å². The molecule has 0 saturated carbocycles. The number of aryl methyl sites for hydroxylation is 1. The molecule has 3 aromatic heterocycles. The minimum atomic E-state index is -0.0742. The van der Waals surface area contributed by atoms with Crippen LogP contribution in [0.1, 0.15) is 65.0 Å². The second-order valence-corrected chi connectivity index (χ2v) is 11.7. The van der Waals surface area contributed by atoms with Gasteiger partial charge in [-0.15, -0.1) is 11.3 Å². The lowest BCUT2D eigenvalue weighted by Gasteiger charge is -2.33. The molecule has 1 aliphatic carbocycles. The number of rotatable bonds is 5. The lowest BCUT2D eigenvalue weighted by molar-refractivity contribution is 0.0947. The largest absolute Gasteiger partial charge is 0.467 e. The summed E-state index contributed by atoms with van der Waals surface area (Å²) in [5.41, 5.74) is 5.60. The van der Waals surface area contributed by atoms with E-state index < -0.39 is 0 Å². The van der Waals surface area contributed by atoms with Crippen LogP contribution in [0.25, 0.3) is 10.9 Å². The van der Waals surface area contributed by atoms with E-state index in [1.54, 1.807) is 17.6 Å². The monoisotopic (exact) mass is 487 g/mol. The first-order valence-electron chi connectivity index (χ1n) is 12.3. The van der Waals surface area contributed by atoms with Crippen molar-refractivity contribution >= 4 is 39.4 Å². The van der Waals surface area contributed by atoms with E-state index in [4.69, 9.17) is 9.41 Å². The highest BCUT2D eigenvalue weighted by Gasteiger charge is 2.33. The number of para-hydroxylation sites is 1. The minimum absolute atomic E-state index is 0.0742. The SMILES string of the molecule is Cc1c(C=Nc2sc3c(c2C(=O)NCc2ccco2)CC[C@H](C(C)(C)C)C3)c2ccccc2n1C. The van der Waals surface area contributed by atoms with Crippen LogP contribution in [0, 0.1) is 18.3 Å². The number of aliphatic imine (C=N–C) groups is 1. The van der Waals surface area contributed by atoms with Crippen molar-refractivity contribution < 1.29 is 9.21 Å². The number of nitrogens with zero attached hydrogens (tertiary/aromatic N) is 2. The first-order valence-corrected chi connectivity index (χ1v) is 13.1. The van der Waals surface area contributed by atoms with Crippen LogP contribution >= 0.6 is 11.3 Å². The third kappa shape index (κ3) is 4.47. The predicted octanol–water partition coefficient (Wildman–Crippen LogP) is 6.97. The number of carbonyl (C=O) groups is 1. The van der Waals surface area contributed by atoms with E-state index in [0.717, 1.165) is 46.8 Å². The van der Waals surface area contributed by atoms with Crippen LogP contribution in [0.15, 0.2) is 52.1 Å². The summed E-state index contributed by atoms with van der Waals surface area (Å²) in [7, 11) is 2.08. The lowest BCUT2D eigenvalue weighted by Crippen LogP contribution is -2.28. The second kappa shape index (κ2) is 9.15. The molecular formula is C29H33N3O2S. The van der Waals surface area contributed by atoms with E-state index in [0.29, 0.717) is 12.5 Å². The zero-order chi connectivity index (χ0) is 24.7. The average Bonchev–Trinajstić information content (AvgIpc) is 3.53. The Labute approximate surface area is 210 Å². The zero-order valence-corrected chi connectivity index (χ0v) is 22.0. The number of nitrogens with one attached hydrogen (secondary N) is 1. The number of amides is 1. The highest BCUT2D eigenvalue weighted by atomic mass is 32.1. The fourth-order valence-electron chi connectivity index (χ4n) is 5.14. The molecule has 4 aromatic rings. The van der Waals surface area contributed by atoms with Gasteiger partial charge in [0.25, 0.3) is 5.91 Å². The average molecular weight is 488 g/mol. The molecule has 0 bridgehead atoms. The first-order chi connectivity index (χ1) is 16.7. The molecule has 0 unspecified atom stereocenters. The quantitative estimate of drug-likeness (QED) is 0.309. The molecule has 1 atom stereocenters. The van der Waals surface area contributed by atoms with Crippen molar-refractivity contribution in [2.45, 2.75) is 53.5 Å². The van der Waals surface area contributed by atoms with Gasteiger partial charge in [-0.1, -0.05) is 39.0 Å². The number of benzene rings is 1. The summed E-state index contributed by atoms with van der Waals surface area (Å²) in [5, 5.41) is 5.03. The van der Waals surface area contributed by atoms with Crippen LogP contribution in [0.4, 0.5) is 5.00 Å². The van der Waals surface area contributed by atoms with E-state index >= 15 is 0 Å². The van der Waals surface area contributed by atoms with Crippen molar-refractivity contribution in [3.05, 3.63) is 75.7 Å². The molecule has 182 valence electrons. The molecule has 5 rings (SSSR count). The van der Waals surface area contributed by atoms with E-state index in [-0.39, 0.29) is 11.3 Å². The lowest BCUT2D eigenvalue weighted by atomic mass is 9.72. The van der Waals surface area contributed by atoms with Gasteiger partial charge >= 0.3 is 0 Å². The van der Waals surface area contributed by atoms with Gasteiger partial charge in [-0.3, -0.25) is 4.79 Å². The van der Waals surface area contributed by atoms with Crippen LogP contribution in [0.3, 0.4) is 0 Å². The molecular weight excluding hydrogens is 454 g/mol. The van der Waals surface area contributed by atoms with Gasteiger partial charge in [0.1, 0.15) is 10.8 Å². The zero-order valence-electron chi connectivity index (χ0n) is 21.1. The Hall–Kier alpha value is -3.12. The van der Waals surface area contributed by atoms with Crippen molar-refractivity contribution in [2.24, 2.45) is 23.4 Å². The molecule has 35 heavy (non-hydrogen) atoms.